The smallest absolute Gasteiger partial charge is 0.126 e. The average molecular weight is 227 g/mol. The van der Waals surface area contributed by atoms with Gasteiger partial charge in [-0.05, 0) is 38.3 Å². The molecule has 3 rings (SSSR count). The van der Waals surface area contributed by atoms with Crippen LogP contribution in [-0.2, 0) is 5.54 Å². The summed E-state index contributed by atoms with van der Waals surface area (Å²) in [4.78, 5) is 7.78. The quantitative estimate of drug-likeness (QED) is 0.828. The first-order valence-electron chi connectivity index (χ1n) is 6.00. The molecule has 0 unspecified atom stereocenters. The molecule has 1 heterocycles. The second kappa shape index (κ2) is 3.44. The van der Waals surface area contributed by atoms with Gasteiger partial charge in [-0.15, -0.1) is 0 Å². The number of hydrogen-bond donors (Lipinski definition) is 2. The molecule has 0 spiro atoms. The molecule has 88 valence electrons. The molecule has 3 nitrogen and oxygen atoms in total. The number of nitrogens with two attached hydrogens (primary N) is 1. The van der Waals surface area contributed by atoms with Crippen LogP contribution in [-0.4, -0.2) is 9.97 Å². The molecule has 0 saturated heterocycles. The summed E-state index contributed by atoms with van der Waals surface area (Å²) in [5, 5.41) is 0. The van der Waals surface area contributed by atoms with Crippen LogP contribution in [0.4, 0.5) is 0 Å². The number of benzene rings is 1. The fourth-order valence-corrected chi connectivity index (χ4v) is 2.11. The van der Waals surface area contributed by atoms with Gasteiger partial charge in [0.05, 0.1) is 17.4 Å². The zero-order valence-electron chi connectivity index (χ0n) is 10.2. The Bertz CT molecular complexity index is 565. The largest absolute Gasteiger partial charge is 0.340 e. The van der Waals surface area contributed by atoms with Crippen LogP contribution < -0.4 is 5.73 Å². The molecule has 2 aromatic rings. The topological polar surface area (TPSA) is 54.7 Å². The average Bonchev–Trinajstić information content (AvgIpc) is 2.88. The standard InChI is InChI=1S/C14H17N3/c1-9-3-4-10(2)11(7-9)12-8-16-13(17-12)14(15)5-6-14/h3-4,7-8H,5-6,15H2,1-2H3,(H,16,17). The fourth-order valence-electron chi connectivity index (χ4n) is 2.11. The van der Waals surface area contributed by atoms with Crippen molar-refractivity contribution in [3.63, 3.8) is 0 Å². The minimum absolute atomic E-state index is 0.185. The maximum atomic E-state index is 6.13. The maximum absolute atomic E-state index is 6.13. The Morgan fingerprint density at radius 3 is 2.76 bits per heavy atom. The molecular formula is C14H17N3. The van der Waals surface area contributed by atoms with E-state index in [-0.39, 0.29) is 5.54 Å². The SMILES string of the molecule is Cc1ccc(C)c(-c2cnc(C3(N)CC3)[nH]2)c1. The molecule has 1 saturated carbocycles. The Labute approximate surface area is 101 Å². The monoisotopic (exact) mass is 227 g/mol. The van der Waals surface area contributed by atoms with Gasteiger partial charge in [-0.3, -0.25) is 0 Å². The number of hydrogen-bond acceptors (Lipinski definition) is 2. The van der Waals surface area contributed by atoms with Crippen molar-refractivity contribution < 1.29 is 0 Å². The van der Waals surface area contributed by atoms with Gasteiger partial charge in [0.15, 0.2) is 0 Å². The Balaban J connectivity index is 2.03. The highest BCUT2D eigenvalue weighted by Gasteiger charge is 2.42. The van der Waals surface area contributed by atoms with Gasteiger partial charge >= 0.3 is 0 Å². The van der Waals surface area contributed by atoms with Crippen LogP contribution in [0.3, 0.4) is 0 Å². The highest BCUT2D eigenvalue weighted by Crippen LogP contribution is 2.41. The van der Waals surface area contributed by atoms with Crippen LogP contribution in [0.1, 0.15) is 29.8 Å². The fraction of sp³-hybridized carbons (Fsp3) is 0.357. The van der Waals surface area contributed by atoms with Crippen LogP contribution in [0.2, 0.25) is 0 Å². The lowest BCUT2D eigenvalue weighted by atomic mass is 10.0. The first kappa shape index (κ1) is 10.5. The molecule has 1 aliphatic carbocycles. The highest BCUT2D eigenvalue weighted by atomic mass is 15.0. The minimum Gasteiger partial charge on any atom is -0.340 e. The van der Waals surface area contributed by atoms with Crippen LogP contribution >= 0.6 is 0 Å². The third-order valence-electron chi connectivity index (χ3n) is 3.52. The summed E-state index contributed by atoms with van der Waals surface area (Å²) in [5.74, 6) is 0.924. The summed E-state index contributed by atoms with van der Waals surface area (Å²) in [6, 6.07) is 6.45. The third kappa shape index (κ3) is 1.76. The predicted molar refractivity (Wildman–Crippen MR) is 68.6 cm³/mol. The third-order valence-corrected chi connectivity index (χ3v) is 3.52. The summed E-state index contributed by atoms with van der Waals surface area (Å²) in [6.07, 6.45) is 3.96. The van der Waals surface area contributed by atoms with E-state index in [0.717, 1.165) is 24.4 Å². The van der Waals surface area contributed by atoms with Crippen LogP contribution in [0.5, 0.6) is 0 Å². The number of aromatic nitrogens is 2. The lowest BCUT2D eigenvalue weighted by Crippen LogP contribution is -2.20. The lowest BCUT2D eigenvalue weighted by molar-refractivity contribution is 0.685. The van der Waals surface area contributed by atoms with Crippen molar-refractivity contribution in [3.8, 4) is 11.3 Å². The Kier molecular flexibility index (Phi) is 2.13. The first-order valence-corrected chi connectivity index (χ1v) is 6.00. The summed E-state index contributed by atoms with van der Waals surface area (Å²) < 4.78 is 0. The molecule has 3 heteroatoms. The first-order chi connectivity index (χ1) is 8.08. The second-order valence-electron chi connectivity index (χ2n) is 5.12. The van der Waals surface area contributed by atoms with Crippen molar-refractivity contribution in [2.45, 2.75) is 32.2 Å². The van der Waals surface area contributed by atoms with Crippen molar-refractivity contribution >= 4 is 0 Å². The number of nitrogens with zero attached hydrogens (tertiary/aromatic N) is 1. The number of rotatable bonds is 2. The molecule has 17 heavy (non-hydrogen) atoms. The number of H-pyrrole nitrogens is 1. The van der Waals surface area contributed by atoms with Crippen LogP contribution in [0, 0.1) is 13.8 Å². The number of nitrogens with one attached hydrogen (secondary N) is 1. The Morgan fingerprint density at radius 1 is 1.29 bits per heavy atom. The number of aryl methyl sites for hydroxylation is 2. The van der Waals surface area contributed by atoms with Gasteiger partial charge in [0, 0.05) is 5.56 Å². The van der Waals surface area contributed by atoms with Crippen molar-refractivity contribution in [2.75, 3.05) is 0 Å². The molecule has 3 N–H and O–H groups in total. The molecule has 1 aromatic carbocycles. The van der Waals surface area contributed by atoms with Gasteiger partial charge in [0.1, 0.15) is 5.82 Å². The van der Waals surface area contributed by atoms with E-state index in [4.69, 9.17) is 5.73 Å². The lowest BCUT2D eigenvalue weighted by Gasteiger charge is -2.06. The molecule has 0 bridgehead atoms. The van der Waals surface area contributed by atoms with Gasteiger partial charge in [0.25, 0.3) is 0 Å². The van der Waals surface area contributed by atoms with Crippen molar-refractivity contribution in [1.82, 2.24) is 9.97 Å². The zero-order chi connectivity index (χ0) is 12.0. The molecule has 1 aromatic heterocycles. The zero-order valence-corrected chi connectivity index (χ0v) is 10.2. The molecule has 0 radical (unpaired) electrons. The minimum atomic E-state index is -0.185. The van der Waals surface area contributed by atoms with Gasteiger partial charge in [-0.1, -0.05) is 17.7 Å². The van der Waals surface area contributed by atoms with Gasteiger partial charge in [-0.25, -0.2) is 4.98 Å². The van der Waals surface area contributed by atoms with Crippen LogP contribution in [0.15, 0.2) is 24.4 Å². The molecule has 1 aliphatic rings. The van der Waals surface area contributed by atoms with E-state index < -0.39 is 0 Å². The van der Waals surface area contributed by atoms with Crippen molar-refractivity contribution in [3.05, 3.63) is 41.3 Å². The van der Waals surface area contributed by atoms with Crippen molar-refractivity contribution in [2.24, 2.45) is 5.73 Å². The summed E-state index contributed by atoms with van der Waals surface area (Å²) >= 11 is 0. The van der Waals surface area contributed by atoms with E-state index in [2.05, 4.69) is 42.0 Å². The van der Waals surface area contributed by atoms with Crippen molar-refractivity contribution in [1.29, 1.82) is 0 Å². The molecule has 1 fully saturated rings. The van der Waals surface area contributed by atoms with E-state index in [1.807, 2.05) is 6.20 Å². The Hall–Kier alpha value is -1.61. The van der Waals surface area contributed by atoms with Gasteiger partial charge < -0.3 is 10.7 Å². The number of aromatic amines is 1. The molecular weight excluding hydrogens is 210 g/mol. The van der Waals surface area contributed by atoms with Crippen LogP contribution in [0.25, 0.3) is 11.3 Å². The second-order valence-corrected chi connectivity index (χ2v) is 5.12. The predicted octanol–water partition coefficient (Wildman–Crippen LogP) is 2.64. The molecule has 0 aliphatic heterocycles. The number of imidazole rings is 1. The summed E-state index contributed by atoms with van der Waals surface area (Å²) in [7, 11) is 0. The summed E-state index contributed by atoms with van der Waals surface area (Å²) in [5.41, 5.74) is 10.7. The van der Waals surface area contributed by atoms with Gasteiger partial charge in [-0.2, -0.15) is 0 Å². The van der Waals surface area contributed by atoms with Gasteiger partial charge in [0.2, 0.25) is 0 Å². The normalized spacial score (nSPS) is 17.1. The van der Waals surface area contributed by atoms with E-state index in [1.165, 1.54) is 16.7 Å². The Morgan fingerprint density at radius 2 is 2.06 bits per heavy atom. The van der Waals surface area contributed by atoms with E-state index in [1.54, 1.807) is 0 Å². The molecule has 0 amide bonds. The summed E-state index contributed by atoms with van der Waals surface area (Å²) in [6.45, 7) is 4.22. The molecule has 0 atom stereocenters. The van der Waals surface area contributed by atoms with E-state index in [9.17, 15) is 0 Å². The van der Waals surface area contributed by atoms with E-state index >= 15 is 0 Å². The highest BCUT2D eigenvalue weighted by molar-refractivity contribution is 5.64. The maximum Gasteiger partial charge on any atom is 0.126 e. The van der Waals surface area contributed by atoms with E-state index in [0.29, 0.717) is 0 Å².